The number of hydrogen-bond donors (Lipinski definition) is 1. The Kier molecular flexibility index (Phi) is 4.31. The van der Waals surface area contributed by atoms with Gasteiger partial charge in [-0.25, -0.2) is 0 Å². The average molecular weight is 222 g/mol. The van der Waals surface area contributed by atoms with Crippen LogP contribution in [0.2, 0.25) is 0 Å². The Labute approximate surface area is 96.0 Å². The fourth-order valence-corrected chi connectivity index (χ4v) is 1.46. The second-order valence-corrected chi connectivity index (χ2v) is 3.81. The van der Waals surface area contributed by atoms with Crippen LogP contribution >= 0.6 is 0 Å². The van der Waals surface area contributed by atoms with Gasteiger partial charge < -0.3 is 10.5 Å². The van der Waals surface area contributed by atoms with E-state index in [4.69, 9.17) is 10.5 Å². The Hall–Kier alpha value is -1.55. The number of benzene rings is 1. The molecule has 0 radical (unpaired) electrons. The number of carbonyl (C=O) groups is 1. The quantitative estimate of drug-likeness (QED) is 0.808. The molecular formula is C12H18N2O2. The number of carbonyl (C=O) groups excluding carboxylic acids is 1. The van der Waals surface area contributed by atoms with Crippen molar-refractivity contribution in [1.29, 1.82) is 0 Å². The molecule has 0 aliphatic heterocycles. The number of nitrogens with zero attached hydrogens (tertiary/aromatic N) is 1. The van der Waals surface area contributed by atoms with E-state index in [1.165, 1.54) is 0 Å². The van der Waals surface area contributed by atoms with Crippen LogP contribution in [0.3, 0.4) is 0 Å². The van der Waals surface area contributed by atoms with Gasteiger partial charge in [-0.3, -0.25) is 9.69 Å². The molecule has 0 saturated carbocycles. The lowest BCUT2D eigenvalue weighted by atomic mass is 10.1. The van der Waals surface area contributed by atoms with E-state index in [0.29, 0.717) is 6.54 Å². The van der Waals surface area contributed by atoms with Gasteiger partial charge in [-0.1, -0.05) is 18.2 Å². The molecule has 1 aromatic carbocycles. The topological polar surface area (TPSA) is 55.6 Å². The van der Waals surface area contributed by atoms with Gasteiger partial charge in [0.05, 0.1) is 13.2 Å². The van der Waals surface area contributed by atoms with Gasteiger partial charge in [-0.2, -0.15) is 0 Å². The van der Waals surface area contributed by atoms with Gasteiger partial charge in [-0.15, -0.1) is 0 Å². The first-order valence-electron chi connectivity index (χ1n) is 5.17. The molecule has 4 heteroatoms. The minimum Gasteiger partial charge on any atom is -0.496 e. The first kappa shape index (κ1) is 12.5. The Balaban J connectivity index is 2.76. The van der Waals surface area contributed by atoms with Crippen LogP contribution in [0.25, 0.3) is 0 Å². The van der Waals surface area contributed by atoms with E-state index in [9.17, 15) is 4.79 Å². The third-order valence-corrected chi connectivity index (χ3v) is 2.69. The van der Waals surface area contributed by atoms with Crippen molar-refractivity contribution in [3.05, 3.63) is 29.8 Å². The lowest BCUT2D eigenvalue weighted by Crippen LogP contribution is -2.39. The number of para-hydroxylation sites is 1. The molecule has 4 nitrogen and oxygen atoms in total. The number of likely N-dealkylation sites (N-methyl/N-ethyl adjacent to an activating group) is 1. The molecule has 0 bridgehead atoms. The van der Waals surface area contributed by atoms with Crippen molar-refractivity contribution in [3.63, 3.8) is 0 Å². The zero-order valence-corrected chi connectivity index (χ0v) is 9.93. The van der Waals surface area contributed by atoms with Crippen molar-refractivity contribution < 1.29 is 9.53 Å². The second-order valence-electron chi connectivity index (χ2n) is 3.81. The molecule has 0 aromatic heterocycles. The monoisotopic (exact) mass is 222 g/mol. The van der Waals surface area contributed by atoms with E-state index in [1.54, 1.807) is 14.0 Å². The van der Waals surface area contributed by atoms with Crippen molar-refractivity contribution in [1.82, 2.24) is 4.90 Å². The third-order valence-electron chi connectivity index (χ3n) is 2.69. The number of methoxy groups -OCH3 is 1. The molecular weight excluding hydrogens is 204 g/mol. The fraction of sp³-hybridized carbons (Fsp3) is 0.417. The molecule has 0 spiro atoms. The van der Waals surface area contributed by atoms with Crippen LogP contribution in [-0.4, -0.2) is 31.0 Å². The summed E-state index contributed by atoms with van der Waals surface area (Å²) in [7, 11) is 3.50. The predicted molar refractivity (Wildman–Crippen MR) is 63.1 cm³/mol. The van der Waals surface area contributed by atoms with Crippen molar-refractivity contribution >= 4 is 5.91 Å². The molecule has 0 saturated heterocycles. The number of ether oxygens (including phenoxy) is 1. The molecule has 1 aromatic rings. The van der Waals surface area contributed by atoms with Gasteiger partial charge in [-0.05, 0) is 20.0 Å². The summed E-state index contributed by atoms with van der Waals surface area (Å²) in [5.74, 6) is 0.503. The molecule has 0 heterocycles. The summed E-state index contributed by atoms with van der Waals surface area (Å²) >= 11 is 0. The van der Waals surface area contributed by atoms with Gasteiger partial charge in [0.1, 0.15) is 5.75 Å². The Morgan fingerprint density at radius 1 is 1.50 bits per heavy atom. The first-order valence-corrected chi connectivity index (χ1v) is 5.17. The normalized spacial score (nSPS) is 12.5. The molecule has 0 aliphatic rings. The smallest absolute Gasteiger partial charge is 0.234 e. The fourth-order valence-electron chi connectivity index (χ4n) is 1.46. The number of primary amides is 1. The van der Waals surface area contributed by atoms with Gasteiger partial charge in [0.25, 0.3) is 0 Å². The van der Waals surface area contributed by atoms with Crippen LogP contribution in [0.5, 0.6) is 5.75 Å². The molecule has 0 fully saturated rings. The highest BCUT2D eigenvalue weighted by atomic mass is 16.5. The molecule has 1 atom stereocenters. The zero-order valence-electron chi connectivity index (χ0n) is 9.93. The summed E-state index contributed by atoms with van der Waals surface area (Å²) in [6.45, 7) is 2.42. The van der Waals surface area contributed by atoms with Crippen molar-refractivity contribution in [2.75, 3.05) is 14.2 Å². The summed E-state index contributed by atoms with van der Waals surface area (Å²) in [5, 5.41) is 0. The third kappa shape index (κ3) is 2.97. The maximum atomic E-state index is 11.0. The van der Waals surface area contributed by atoms with Crippen LogP contribution in [0.15, 0.2) is 24.3 Å². The van der Waals surface area contributed by atoms with Gasteiger partial charge in [0.15, 0.2) is 0 Å². The SMILES string of the molecule is COc1ccccc1CN(C)[C@H](C)C(N)=O. The van der Waals surface area contributed by atoms with E-state index in [-0.39, 0.29) is 11.9 Å². The van der Waals surface area contributed by atoms with Crippen LogP contribution < -0.4 is 10.5 Å². The second kappa shape index (κ2) is 5.51. The van der Waals surface area contributed by atoms with E-state index in [1.807, 2.05) is 36.2 Å². The maximum Gasteiger partial charge on any atom is 0.234 e. The van der Waals surface area contributed by atoms with Crippen molar-refractivity contribution in [2.45, 2.75) is 19.5 Å². The van der Waals surface area contributed by atoms with Gasteiger partial charge in [0.2, 0.25) is 5.91 Å². The highest BCUT2D eigenvalue weighted by Crippen LogP contribution is 2.19. The van der Waals surface area contributed by atoms with E-state index >= 15 is 0 Å². The molecule has 0 aliphatic carbocycles. The number of hydrogen-bond acceptors (Lipinski definition) is 3. The van der Waals surface area contributed by atoms with Crippen LogP contribution in [0.4, 0.5) is 0 Å². The molecule has 1 amide bonds. The van der Waals surface area contributed by atoms with Crippen molar-refractivity contribution in [2.24, 2.45) is 5.73 Å². The predicted octanol–water partition coefficient (Wildman–Crippen LogP) is 1.00. The largest absolute Gasteiger partial charge is 0.496 e. The highest BCUT2D eigenvalue weighted by molar-refractivity contribution is 5.79. The number of amides is 1. The Morgan fingerprint density at radius 2 is 2.12 bits per heavy atom. The molecule has 0 unspecified atom stereocenters. The summed E-state index contributed by atoms with van der Waals surface area (Å²) in [6, 6.07) is 7.45. The van der Waals surface area contributed by atoms with Crippen molar-refractivity contribution in [3.8, 4) is 5.75 Å². The first-order chi connectivity index (χ1) is 7.56. The number of rotatable bonds is 5. The lowest BCUT2D eigenvalue weighted by molar-refractivity contribution is -0.122. The van der Waals surface area contributed by atoms with Crippen LogP contribution in [0, 0.1) is 0 Å². The average Bonchev–Trinajstić information content (AvgIpc) is 2.28. The minimum atomic E-state index is -0.322. The highest BCUT2D eigenvalue weighted by Gasteiger charge is 2.16. The standard InChI is InChI=1S/C12H18N2O2/c1-9(12(13)15)14(2)8-10-6-4-5-7-11(10)16-3/h4-7,9H,8H2,1-3H3,(H2,13,15)/t9-/m1/s1. The zero-order chi connectivity index (χ0) is 12.1. The molecule has 16 heavy (non-hydrogen) atoms. The van der Waals surface area contributed by atoms with E-state index in [2.05, 4.69) is 0 Å². The van der Waals surface area contributed by atoms with E-state index in [0.717, 1.165) is 11.3 Å². The molecule has 2 N–H and O–H groups in total. The summed E-state index contributed by atoms with van der Waals surface area (Å²) in [5.41, 5.74) is 6.29. The summed E-state index contributed by atoms with van der Waals surface area (Å²) in [6.07, 6.45) is 0. The Morgan fingerprint density at radius 3 is 2.69 bits per heavy atom. The minimum absolute atomic E-state index is 0.287. The Bertz CT molecular complexity index is 366. The summed E-state index contributed by atoms with van der Waals surface area (Å²) in [4.78, 5) is 12.9. The molecule has 88 valence electrons. The van der Waals surface area contributed by atoms with E-state index < -0.39 is 0 Å². The summed E-state index contributed by atoms with van der Waals surface area (Å²) < 4.78 is 5.24. The van der Waals surface area contributed by atoms with Gasteiger partial charge in [0, 0.05) is 12.1 Å². The lowest BCUT2D eigenvalue weighted by Gasteiger charge is -2.22. The maximum absolute atomic E-state index is 11.0. The van der Waals surface area contributed by atoms with Crippen LogP contribution in [-0.2, 0) is 11.3 Å². The van der Waals surface area contributed by atoms with Gasteiger partial charge >= 0.3 is 0 Å². The molecule has 1 rings (SSSR count). The number of nitrogens with two attached hydrogens (primary N) is 1. The van der Waals surface area contributed by atoms with Crippen LogP contribution in [0.1, 0.15) is 12.5 Å².